The molecule has 4 rings (SSSR count). The molecule has 3 heteroatoms. The van der Waals surface area contributed by atoms with E-state index >= 15 is 0 Å². The summed E-state index contributed by atoms with van der Waals surface area (Å²) < 4.78 is 11.0. The Hall–Kier alpha value is -2.68. The van der Waals surface area contributed by atoms with Crippen molar-refractivity contribution in [3.05, 3.63) is 82.4 Å². The normalized spacial score (nSPS) is 20.0. The summed E-state index contributed by atoms with van der Waals surface area (Å²) in [4.78, 5) is 0. The highest BCUT2D eigenvalue weighted by Gasteiger charge is 2.37. The maximum Gasteiger partial charge on any atom is 0.342 e. The van der Waals surface area contributed by atoms with Crippen molar-refractivity contribution in [2.75, 3.05) is 7.11 Å². The van der Waals surface area contributed by atoms with Gasteiger partial charge >= 0.3 is 6.10 Å². The van der Waals surface area contributed by atoms with Gasteiger partial charge in [-0.2, -0.15) is 0 Å². The molecular formula is C20H18NO2+. The van der Waals surface area contributed by atoms with Crippen molar-refractivity contribution in [2.45, 2.75) is 18.6 Å². The predicted octanol–water partition coefficient (Wildman–Crippen LogP) is 5.34. The van der Waals surface area contributed by atoms with Gasteiger partial charge in [-0.15, -0.1) is 4.54 Å². The van der Waals surface area contributed by atoms with Crippen LogP contribution in [0.4, 0.5) is 0 Å². The number of benzene rings is 3. The highest BCUT2D eigenvalue weighted by molar-refractivity contribution is 5.86. The molecule has 0 bridgehead atoms. The Morgan fingerprint density at radius 1 is 0.957 bits per heavy atom. The van der Waals surface area contributed by atoms with Crippen molar-refractivity contribution < 1.29 is 4.74 Å². The maximum atomic E-state index is 5.76. The van der Waals surface area contributed by atoms with E-state index in [4.69, 9.17) is 9.27 Å². The van der Waals surface area contributed by atoms with Crippen LogP contribution < -0.4 is 4.74 Å². The van der Waals surface area contributed by atoms with E-state index in [0.717, 1.165) is 17.7 Å². The Morgan fingerprint density at radius 3 is 2.57 bits per heavy atom. The van der Waals surface area contributed by atoms with Crippen molar-refractivity contribution >= 4 is 10.8 Å². The maximum absolute atomic E-state index is 5.76. The molecule has 2 atom stereocenters. The van der Waals surface area contributed by atoms with Crippen molar-refractivity contribution in [3.8, 4) is 5.75 Å². The number of methoxy groups -OCH3 is 1. The van der Waals surface area contributed by atoms with Gasteiger partial charge in [-0.1, -0.05) is 48.5 Å². The fourth-order valence-corrected chi connectivity index (χ4v) is 3.17. The fraction of sp³-hybridized carbons (Fsp3) is 0.200. The van der Waals surface area contributed by atoms with Gasteiger partial charge in [-0.3, -0.25) is 0 Å². The first-order chi connectivity index (χ1) is 11.3. The summed E-state index contributed by atoms with van der Waals surface area (Å²) in [5.41, 5.74) is 2.37. The van der Waals surface area contributed by atoms with Crippen LogP contribution in [0.3, 0.4) is 0 Å². The number of hydrogen-bond acceptors (Lipinski definition) is 2. The first kappa shape index (κ1) is 13.9. The van der Waals surface area contributed by atoms with Crippen molar-refractivity contribution in [2.24, 2.45) is 5.18 Å². The van der Waals surface area contributed by atoms with Crippen molar-refractivity contribution in [3.63, 3.8) is 0 Å². The number of nitroso groups, excluding NO2 is 1. The highest BCUT2D eigenvalue weighted by atomic mass is 16.5. The molecule has 0 spiro atoms. The molecule has 3 aromatic rings. The molecule has 1 heterocycles. The molecule has 1 aliphatic heterocycles. The summed E-state index contributed by atoms with van der Waals surface area (Å²) in [6, 6.07) is 22.9. The quantitative estimate of drug-likeness (QED) is 0.601. The first-order valence-electron chi connectivity index (χ1n) is 7.83. The molecule has 1 aliphatic rings. The monoisotopic (exact) mass is 304 g/mol. The molecule has 2 unspecified atom stereocenters. The minimum Gasteiger partial charge on any atom is -0.497 e. The van der Waals surface area contributed by atoms with E-state index in [1.54, 1.807) is 7.11 Å². The molecule has 0 N–H and O–H groups in total. The second-order valence-corrected chi connectivity index (χ2v) is 5.79. The standard InChI is InChI=1S/C20H18NO2/c1-22-16-11-9-15(10-12-16)19-13-20(23-21-19)18-8-4-6-14-5-2-3-7-17(14)18/h2-12,19-20H,13H2,1H3/q+1. The molecule has 0 fully saturated rings. The van der Waals surface area contributed by atoms with Crippen LogP contribution in [0, 0.1) is 4.54 Å². The third-order valence-corrected chi connectivity index (χ3v) is 4.42. The van der Waals surface area contributed by atoms with Crippen LogP contribution >= 0.6 is 0 Å². The van der Waals surface area contributed by atoms with Crippen LogP contribution in [-0.2, 0) is 0 Å². The minimum absolute atomic E-state index is 0.00759. The van der Waals surface area contributed by atoms with E-state index in [1.165, 1.54) is 16.3 Å². The Kier molecular flexibility index (Phi) is 3.54. The van der Waals surface area contributed by atoms with Crippen LogP contribution in [0.15, 0.2) is 71.9 Å². The largest absolute Gasteiger partial charge is 0.497 e. The molecule has 0 aromatic heterocycles. The molecule has 3 aromatic carbocycles. The molecular weight excluding hydrogens is 286 g/mol. The van der Waals surface area contributed by atoms with E-state index in [9.17, 15) is 0 Å². The minimum atomic E-state index is 0.00759. The zero-order valence-electron chi connectivity index (χ0n) is 13.0. The molecule has 114 valence electrons. The molecule has 0 radical (unpaired) electrons. The molecule has 0 aliphatic carbocycles. The van der Waals surface area contributed by atoms with Crippen LogP contribution in [-0.4, -0.2) is 7.11 Å². The molecule has 0 saturated carbocycles. The first-order valence-corrected chi connectivity index (χ1v) is 7.83. The fourth-order valence-electron chi connectivity index (χ4n) is 3.17. The van der Waals surface area contributed by atoms with Crippen molar-refractivity contribution in [1.29, 1.82) is 0 Å². The zero-order chi connectivity index (χ0) is 15.6. The summed E-state index contributed by atoms with van der Waals surface area (Å²) in [5, 5.41) is 6.86. The van der Waals surface area contributed by atoms with Gasteiger partial charge < -0.3 is 4.74 Å². The Bertz CT molecular complexity index is 850. The average Bonchev–Trinajstić information content (AvgIpc) is 3.11. The summed E-state index contributed by atoms with van der Waals surface area (Å²) >= 11 is 0. The van der Waals surface area contributed by atoms with Gasteiger partial charge in [-0.05, 0) is 34.5 Å². The molecule has 23 heavy (non-hydrogen) atoms. The summed E-state index contributed by atoms with van der Waals surface area (Å²) in [6.45, 7) is 0. The van der Waals surface area contributed by atoms with Gasteiger partial charge in [0.25, 0.3) is 0 Å². The van der Waals surface area contributed by atoms with E-state index in [1.807, 2.05) is 12.1 Å². The van der Waals surface area contributed by atoms with Crippen LogP contribution in [0.5, 0.6) is 5.75 Å². The summed E-state index contributed by atoms with van der Waals surface area (Å²) in [6.07, 6.45) is 0.869. The third-order valence-electron chi connectivity index (χ3n) is 4.42. The van der Waals surface area contributed by atoms with E-state index in [2.05, 4.69) is 59.8 Å². The topological polar surface area (TPSA) is 32.9 Å². The van der Waals surface area contributed by atoms with E-state index in [0.29, 0.717) is 0 Å². The SMILES string of the molecule is COc1ccc(C2CC(c3cccc4ccccc34)[O+]=N2)cc1. The van der Waals surface area contributed by atoms with Crippen LogP contribution in [0.25, 0.3) is 10.8 Å². The smallest absolute Gasteiger partial charge is 0.342 e. The van der Waals surface area contributed by atoms with Crippen LogP contribution in [0.2, 0.25) is 0 Å². The zero-order valence-corrected chi connectivity index (χ0v) is 13.0. The lowest BCUT2D eigenvalue weighted by Gasteiger charge is -2.05. The number of rotatable bonds is 3. The summed E-state index contributed by atoms with van der Waals surface area (Å²) in [5.74, 6) is 0.860. The van der Waals surface area contributed by atoms with E-state index in [-0.39, 0.29) is 12.1 Å². The van der Waals surface area contributed by atoms with E-state index < -0.39 is 0 Å². The lowest BCUT2D eigenvalue weighted by Crippen LogP contribution is -1.98. The summed E-state index contributed by atoms with van der Waals surface area (Å²) in [7, 11) is 1.68. The predicted molar refractivity (Wildman–Crippen MR) is 92.8 cm³/mol. The third kappa shape index (κ3) is 2.59. The van der Waals surface area contributed by atoms with Gasteiger partial charge in [0.1, 0.15) is 10.9 Å². The lowest BCUT2D eigenvalue weighted by molar-refractivity contribution is 0.414. The van der Waals surface area contributed by atoms with Gasteiger partial charge in [0.05, 0.1) is 19.1 Å². The van der Waals surface area contributed by atoms with Gasteiger partial charge in [0.2, 0.25) is 0 Å². The average molecular weight is 304 g/mol. The number of nitrogens with zero attached hydrogens (tertiary/aromatic N) is 1. The second-order valence-electron chi connectivity index (χ2n) is 5.79. The lowest BCUT2D eigenvalue weighted by atomic mass is 9.94. The molecule has 0 saturated heterocycles. The molecule has 0 amide bonds. The number of fused-ring (bicyclic) bond motifs is 1. The second kappa shape index (κ2) is 5.84. The van der Waals surface area contributed by atoms with Gasteiger partial charge in [0.15, 0.2) is 6.04 Å². The van der Waals surface area contributed by atoms with Crippen LogP contribution in [0.1, 0.15) is 29.7 Å². The van der Waals surface area contributed by atoms with Gasteiger partial charge in [-0.25, -0.2) is 0 Å². The Morgan fingerprint density at radius 2 is 1.74 bits per heavy atom. The number of ether oxygens (including phenoxy) is 1. The van der Waals surface area contributed by atoms with Gasteiger partial charge in [0, 0.05) is 0 Å². The Balaban J connectivity index is 1.61. The van der Waals surface area contributed by atoms with Crippen molar-refractivity contribution in [1.82, 2.24) is 0 Å². The molecule has 3 nitrogen and oxygen atoms in total. The highest BCUT2D eigenvalue weighted by Crippen LogP contribution is 2.39. The number of hydrogen-bond donors (Lipinski definition) is 0. The Labute approximate surface area is 135 Å².